The lowest BCUT2D eigenvalue weighted by molar-refractivity contribution is -0.138. The molecule has 1 aliphatic heterocycles. The number of hydrogen-bond donors (Lipinski definition) is 1. The topological polar surface area (TPSA) is 92.1 Å². The van der Waals surface area contributed by atoms with Crippen LogP contribution >= 0.6 is 0 Å². The Bertz CT molecular complexity index is 1050. The number of carbonyl (C=O) groups excluding carboxylic acids is 1. The van der Waals surface area contributed by atoms with E-state index in [1.54, 1.807) is 10.9 Å². The maximum Gasteiger partial charge on any atom is 0.225 e. The number of amides is 1. The lowest BCUT2D eigenvalue weighted by Crippen LogP contribution is -2.49. The first kappa shape index (κ1) is 19.9. The van der Waals surface area contributed by atoms with Gasteiger partial charge in [-0.2, -0.15) is 9.67 Å². The third-order valence-electron chi connectivity index (χ3n) is 6.43. The number of aromatic nitrogens is 5. The van der Waals surface area contributed by atoms with Gasteiger partial charge in [0, 0.05) is 50.4 Å². The van der Waals surface area contributed by atoms with E-state index in [2.05, 4.69) is 37.5 Å². The number of likely N-dealkylation sites (N-methyl/N-ethyl adjacent to an activating group) is 1. The van der Waals surface area contributed by atoms with Gasteiger partial charge >= 0.3 is 0 Å². The molecule has 1 amide bonds. The minimum atomic E-state index is 0.148. The molecule has 1 aromatic carbocycles. The Morgan fingerprint density at radius 3 is 2.61 bits per heavy atom. The number of nitrogens with zero attached hydrogens (tertiary/aromatic N) is 7. The number of piperazine rings is 1. The van der Waals surface area contributed by atoms with Gasteiger partial charge in [0.05, 0.1) is 5.52 Å². The predicted molar refractivity (Wildman–Crippen MR) is 118 cm³/mol. The first-order valence-corrected chi connectivity index (χ1v) is 11.0. The third kappa shape index (κ3) is 4.23. The molecule has 0 spiro atoms. The van der Waals surface area contributed by atoms with Gasteiger partial charge < -0.3 is 15.1 Å². The standard InChI is InChI=1S/C22H28N8O/c1-28-12-14-29(15-13-28)21(31)16-6-8-17(9-7-16)24-22-23-11-10-20(25-22)30-19-5-3-2-4-18(19)26-27-30/h2-5,10-11,16-17H,6-9,12-15H2,1H3,(H,23,24,25)/t16-,17+. The van der Waals surface area contributed by atoms with Crippen LogP contribution in [0.2, 0.25) is 0 Å². The monoisotopic (exact) mass is 420 g/mol. The van der Waals surface area contributed by atoms with Crippen molar-refractivity contribution in [3.8, 4) is 5.82 Å². The summed E-state index contributed by atoms with van der Waals surface area (Å²) in [6.45, 7) is 3.64. The van der Waals surface area contributed by atoms with Crippen LogP contribution in [-0.4, -0.2) is 79.9 Å². The molecule has 2 aromatic heterocycles. The number of anilines is 1. The van der Waals surface area contributed by atoms with Crippen molar-refractivity contribution >= 4 is 22.9 Å². The van der Waals surface area contributed by atoms with Crippen molar-refractivity contribution in [3.05, 3.63) is 36.5 Å². The highest BCUT2D eigenvalue weighted by Gasteiger charge is 2.30. The van der Waals surface area contributed by atoms with E-state index in [1.807, 2.05) is 35.2 Å². The zero-order valence-electron chi connectivity index (χ0n) is 17.8. The molecule has 1 saturated carbocycles. The number of benzene rings is 1. The molecular formula is C22H28N8O. The Hall–Kier alpha value is -3.07. The summed E-state index contributed by atoms with van der Waals surface area (Å²) in [7, 11) is 2.11. The summed E-state index contributed by atoms with van der Waals surface area (Å²) < 4.78 is 1.73. The van der Waals surface area contributed by atoms with Gasteiger partial charge in [-0.25, -0.2) is 4.98 Å². The van der Waals surface area contributed by atoms with Crippen LogP contribution in [0.15, 0.2) is 36.5 Å². The van der Waals surface area contributed by atoms with Gasteiger partial charge in [0.1, 0.15) is 5.52 Å². The van der Waals surface area contributed by atoms with E-state index < -0.39 is 0 Å². The average Bonchev–Trinajstić information content (AvgIpc) is 3.24. The smallest absolute Gasteiger partial charge is 0.225 e. The Kier molecular flexibility index (Phi) is 5.50. The average molecular weight is 421 g/mol. The van der Waals surface area contributed by atoms with Gasteiger partial charge in [0.25, 0.3) is 0 Å². The number of nitrogens with one attached hydrogen (secondary N) is 1. The number of rotatable bonds is 4. The summed E-state index contributed by atoms with van der Waals surface area (Å²) in [6.07, 6.45) is 5.46. The minimum absolute atomic E-state index is 0.148. The highest BCUT2D eigenvalue weighted by atomic mass is 16.2. The maximum atomic E-state index is 12.9. The molecule has 1 aliphatic carbocycles. The Labute approximate surface area is 181 Å². The lowest BCUT2D eigenvalue weighted by Gasteiger charge is -2.36. The highest BCUT2D eigenvalue weighted by Crippen LogP contribution is 2.28. The molecule has 0 atom stereocenters. The molecule has 3 aromatic rings. The summed E-state index contributed by atoms with van der Waals surface area (Å²) in [6, 6.07) is 9.92. The molecule has 1 N–H and O–H groups in total. The fraction of sp³-hybridized carbons (Fsp3) is 0.500. The molecule has 0 radical (unpaired) electrons. The fourth-order valence-corrected chi connectivity index (χ4v) is 4.53. The summed E-state index contributed by atoms with van der Waals surface area (Å²) in [5.41, 5.74) is 1.74. The van der Waals surface area contributed by atoms with Gasteiger partial charge in [0.15, 0.2) is 5.82 Å². The van der Waals surface area contributed by atoms with E-state index in [-0.39, 0.29) is 12.0 Å². The van der Waals surface area contributed by atoms with Crippen molar-refractivity contribution in [2.45, 2.75) is 31.7 Å². The van der Waals surface area contributed by atoms with Crippen LogP contribution in [-0.2, 0) is 4.79 Å². The van der Waals surface area contributed by atoms with Gasteiger partial charge in [-0.05, 0) is 44.9 Å². The second kappa shape index (κ2) is 8.58. The zero-order chi connectivity index (χ0) is 21.2. The van der Waals surface area contributed by atoms with Crippen molar-refractivity contribution < 1.29 is 4.79 Å². The Balaban J connectivity index is 1.20. The van der Waals surface area contributed by atoms with Crippen molar-refractivity contribution in [3.63, 3.8) is 0 Å². The normalized spacial score (nSPS) is 22.5. The zero-order valence-corrected chi connectivity index (χ0v) is 17.8. The van der Waals surface area contributed by atoms with E-state index in [0.717, 1.165) is 62.9 Å². The number of para-hydroxylation sites is 1. The SMILES string of the molecule is CN1CCN(C(=O)[C@H]2CC[C@@H](Nc3nccc(-n4nnc5ccccc54)n3)CC2)CC1. The molecule has 162 valence electrons. The van der Waals surface area contributed by atoms with E-state index in [0.29, 0.717) is 17.7 Å². The van der Waals surface area contributed by atoms with E-state index in [1.165, 1.54) is 0 Å². The molecule has 5 rings (SSSR count). The molecule has 9 nitrogen and oxygen atoms in total. The summed E-state index contributed by atoms with van der Waals surface area (Å²) in [4.78, 5) is 26.2. The van der Waals surface area contributed by atoms with Crippen molar-refractivity contribution in [1.29, 1.82) is 0 Å². The number of hydrogen-bond acceptors (Lipinski definition) is 7. The van der Waals surface area contributed by atoms with E-state index in [9.17, 15) is 4.79 Å². The Morgan fingerprint density at radius 2 is 1.81 bits per heavy atom. The predicted octanol–water partition coefficient (Wildman–Crippen LogP) is 1.96. The van der Waals surface area contributed by atoms with Crippen LogP contribution in [0.25, 0.3) is 16.9 Å². The minimum Gasteiger partial charge on any atom is -0.351 e. The van der Waals surface area contributed by atoms with Gasteiger partial charge in [-0.15, -0.1) is 5.10 Å². The van der Waals surface area contributed by atoms with Gasteiger partial charge in [0.2, 0.25) is 11.9 Å². The van der Waals surface area contributed by atoms with E-state index in [4.69, 9.17) is 0 Å². The second-order valence-electron chi connectivity index (χ2n) is 8.55. The quantitative estimate of drug-likeness (QED) is 0.690. The molecule has 31 heavy (non-hydrogen) atoms. The second-order valence-corrected chi connectivity index (χ2v) is 8.55. The molecule has 0 unspecified atom stereocenters. The van der Waals surface area contributed by atoms with Gasteiger partial charge in [-0.1, -0.05) is 17.3 Å². The van der Waals surface area contributed by atoms with Crippen LogP contribution in [0, 0.1) is 5.92 Å². The van der Waals surface area contributed by atoms with E-state index >= 15 is 0 Å². The van der Waals surface area contributed by atoms with Gasteiger partial charge in [-0.3, -0.25) is 4.79 Å². The third-order valence-corrected chi connectivity index (χ3v) is 6.43. The molecule has 3 heterocycles. The molecule has 1 saturated heterocycles. The lowest BCUT2D eigenvalue weighted by atomic mass is 9.85. The maximum absolute atomic E-state index is 12.9. The summed E-state index contributed by atoms with van der Waals surface area (Å²) in [5, 5.41) is 11.9. The van der Waals surface area contributed by atoms with Crippen LogP contribution in [0.3, 0.4) is 0 Å². The first-order valence-electron chi connectivity index (χ1n) is 11.0. The Morgan fingerprint density at radius 1 is 1.03 bits per heavy atom. The van der Waals surface area contributed by atoms with Crippen LogP contribution in [0.1, 0.15) is 25.7 Å². The molecule has 0 bridgehead atoms. The van der Waals surface area contributed by atoms with Crippen LogP contribution in [0.4, 0.5) is 5.95 Å². The first-order chi connectivity index (χ1) is 15.2. The fourth-order valence-electron chi connectivity index (χ4n) is 4.53. The summed E-state index contributed by atoms with van der Waals surface area (Å²) in [5.74, 6) is 1.76. The van der Waals surface area contributed by atoms with Crippen molar-refractivity contribution in [2.24, 2.45) is 5.92 Å². The molecule has 9 heteroatoms. The number of fused-ring (bicyclic) bond motifs is 1. The highest BCUT2D eigenvalue weighted by molar-refractivity contribution is 5.79. The van der Waals surface area contributed by atoms with Crippen LogP contribution in [0.5, 0.6) is 0 Å². The summed E-state index contributed by atoms with van der Waals surface area (Å²) >= 11 is 0. The molecule has 2 aliphatic rings. The van der Waals surface area contributed by atoms with Crippen molar-refractivity contribution in [2.75, 3.05) is 38.5 Å². The largest absolute Gasteiger partial charge is 0.351 e. The number of carbonyl (C=O) groups is 1. The molecular weight excluding hydrogens is 392 g/mol. The molecule has 2 fully saturated rings. The van der Waals surface area contributed by atoms with Crippen molar-refractivity contribution in [1.82, 2.24) is 34.8 Å². The van der Waals surface area contributed by atoms with Crippen LogP contribution < -0.4 is 5.32 Å².